The fourth-order valence-electron chi connectivity index (χ4n) is 1.79. The Morgan fingerprint density at radius 1 is 1.35 bits per heavy atom. The van der Waals surface area contributed by atoms with E-state index in [1.807, 2.05) is 0 Å². The van der Waals surface area contributed by atoms with E-state index >= 15 is 0 Å². The molecule has 1 atom stereocenters. The van der Waals surface area contributed by atoms with E-state index < -0.39 is 0 Å². The molecule has 2 rings (SSSR count). The summed E-state index contributed by atoms with van der Waals surface area (Å²) in [6.45, 7) is 12.3. The molecule has 1 aliphatic rings. The zero-order valence-electron chi connectivity index (χ0n) is 11.5. The Hall–Kier alpha value is -1.02. The fraction of sp³-hybridized carbons (Fsp3) is 0.600. The summed E-state index contributed by atoms with van der Waals surface area (Å²) in [5.41, 5.74) is 2.59. The molecule has 17 heavy (non-hydrogen) atoms. The number of hydrogen-bond acceptors (Lipinski definition) is 2. The highest BCUT2D eigenvalue weighted by Crippen LogP contribution is 2.34. The monoisotopic (exact) mass is 234 g/mol. The first-order valence-electron chi connectivity index (χ1n) is 6.18. The molecule has 1 aromatic rings. The van der Waals surface area contributed by atoms with Gasteiger partial charge in [0.25, 0.3) is 0 Å². The second-order valence-electron chi connectivity index (χ2n) is 6.28. The normalized spacial score (nSPS) is 23.6. The van der Waals surface area contributed by atoms with Crippen LogP contribution in [0.4, 0.5) is 0 Å². The summed E-state index contributed by atoms with van der Waals surface area (Å²) in [5.74, 6) is 0.986. The third kappa shape index (κ3) is 3.01. The minimum absolute atomic E-state index is 0.0555. The number of epoxide rings is 1. The van der Waals surface area contributed by atoms with Crippen molar-refractivity contribution >= 4 is 0 Å². The minimum atomic E-state index is -0.0555. The van der Waals surface area contributed by atoms with Crippen LogP contribution in [0.25, 0.3) is 0 Å². The maximum Gasteiger partial charge on any atom is 0.123 e. The zero-order valence-corrected chi connectivity index (χ0v) is 11.5. The van der Waals surface area contributed by atoms with E-state index in [0.29, 0.717) is 6.61 Å². The Kier molecular flexibility index (Phi) is 2.94. The molecule has 0 radical (unpaired) electrons. The minimum Gasteiger partial charge on any atom is -0.490 e. The number of ether oxygens (including phenoxy) is 2. The van der Waals surface area contributed by atoms with E-state index in [-0.39, 0.29) is 11.0 Å². The van der Waals surface area contributed by atoms with Gasteiger partial charge in [-0.2, -0.15) is 0 Å². The predicted molar refractivity (Wildman–Crippen MR) is 69.7 cm³/mol. The highest BCUT2D eigenvalue weighted by molar-refractivity contribution is 5.41. The summed E-state index contributed by atoms with van der Waals surface area (Å²) in [6.07, 6.45) is 0. The Balaban J connectivity index is 2.20. The predicted octanol–water partition coefficient (Wildman–Crippen LogP) is 3.46. The van der Waals surface area contributed by atoms with Crippen molar-refractivity contribution in [3.8, 4) is 5.75 Å². The Labute approximate surface area is 104 Å². The maximum atomic E-state index is 5.92. The lowest BCUT2D eigenvalue weighted by molar-refractivity contribution is 0.199. The van der Waals surface area contributed by atoms with Crippen LogP contribution in [-0.2, 0) is 10.2 Å². The van der Waals surface area contributed by atoms with Crippen LogP contribution in [0.5, 0.6) is 5.75 Å². The molecule has 0 spiro atoms. The van der Waals surface area contributed by atoms with Gasteiger partial charge in [-0.1, -0.05) is 38.5 Å². The fourth-order valence-corrected chi connectivity index (χ4v) is 1.79. The van der Waals surface area contributed by atoms with Crippen molar-refractivity contribution < 1.29 is 9.47 Å². The van der Waals surface area contributed by atoms with E-state index in [1.165, 1.54) is 11.1 Å². The molecule has 2 heteroatoms. The van der Waals surface area contributed by atoms with Crippen molar-refractivity contribution in [1.82, 2.24) is 0 Å². The average Bonchev–Trinajstić information content (AvgIpc) is 2.94. The molecule has 1 unspecified atom stereocenters. The highest BCUT2D eigenvalue weighted by Gasteiger charge is 2.40. The average molecular weight is 234 g/mol. The van der Waals surface area contributed by atoms with E-state index in [4.69, 9.17) is 9.47 Å². The number of hydrogen-bond donors (Lipinski definition) is 0. The van der Waals surface area contributed by atoms with Gasteiger partial charge < -0.3 is 9.47 Å². The van der Waals surface area contributed by atoms with Gasteiger partial charge in [-0.3, -0.25) is 0 Å². The Morgan fingerprint density at radius 3 is 2.53 bits per heavy atom. The number of aryl methyl sites for hydroxylation is 1. The third-order valence-electron chi connectivity index (χ3n) is 3.11. The van der Waals surface area contributed by atoms with E-state index in [9.17, 15) is 0 Å². The molecule has 1 aliphatic heterocycles. The van der Waals surface area contributed by atoms with Crippen LogP contribution in [-0.4, -0.2) is 18.8 Å². The molecule has 0 aliphatic carbocycles. The van der Waals surface area contributed by atoms with Crippen LogP contribution in [0.1, 0.15) is 38.8 Å². The molecule has 1 fully saturated rings. The zero-order chi connectivity index (χ0) is 12.7. The van der Waals surface area contributed by atoms with Crippen LogP contribution in [0.15, 0.2) is 18.2 Å². The molecule has 94 valence electrons. The van der Waals surface area contributed by atoms with Gasteiger partial charge >= 0.3 is 0 Å². The van der Waals surface area contributed by atoms with Gasteiger partial charge in [0.15, 0.2) is 0 Å². The van der Waals surface area contributed by atoms with Crippen molar-refractivity contribution in [2.24, 2.45) is 0 Å². The molecule has 2 nitrogen and oxygen atoms in total. The number of rotatable bonds is 3. The summed E-state index contributed by atoms with van der Waals surface area (Å²) in [4.78, 5) is 0. The smallest absolute Gasteiger partial charge is 0.123 e. The molecular formula is C15H22O2. The molecule has 1 heterocycles. The van der Waals surface area contributed by atoms with E-state index in [1.54, 1.807) is 0 Å². The third-order valence-corrected chi connectivity index (χ3v) is 3.11. The second kappa shape index (κ2) is 4.02. The van der Waals surface area contributed by atoms with Crippen molar-refractivity contribution in [3.63, 3.8) is 0 Å². The lowest BCUT2D eigenvalue weighted by atomic mass is 9.85. The van der Waals surface area contributed by atoms with Gasteiger partial charge in [0.1, 0.15) is 18.0 Å². The van der Waals surface area contributed by atoms with Gasteiger partial charge in [-0.25, -0.2) is 0 Å². The molecule has 1 saturated heterocycles. The molecule has 0 saturated carbocycles. The molecular weight excluding hydrogens is 212 g/mol. The van der Waals surface area contributed by atoms with Gasteiger partial charge in [-0.15, -0.1) is 0 Å². The highest BCUT2D eigenvalue weighted by atomic mass is 16.6. The summed E-state index contributed by atoms with van der Waals surface area (Å²) >= 11 is 0. The molecule has 1 aromatic carbocycles. The summed E-state index contributed by atoms with van der Waals surface area (Å²) in [5, 5.41) is 0. The van der Waals surface area contributed by atoms with Crippen LogP contribution in [0, 0.1) is 6.92 Å². The molecule has 0 bridgehead atoms. The van der Waals surface area contributed by atoms with Gasteiger partial charge in [0.05, 0.1) is 6.61 Å². The quantitative estimate of drug-likeness (QED) is 0.747. The van der Waals surface area contributed by atoms with Gasteiger partial charge in [-0.05, 0) is 30.9 Å². The first kappa shape index (κ1) is 12.4. The lowest BCUT2D eigenvalue weighted by Gasteiger charge is -2.24. The van der Waals surface area contributed by atoms with Crippen molar-refractivity contribution in [2.75, 3.05) is 13.2 Å². The van der Waals surface area contributed by atoms with Crippen molar-refractivity contribution in [3.05, 3.63) is 29.3 Å². The number of benzene rings is 1. The Bertz CT molecular complexity index is 411. The van der Waals surface area contributed by atoms with Crippen molar-refractivity contribution in [2.45, 2.75) is 45.6 Å². The van der Waals surface area contributed by atoms with Crippen LogP contribution < -0.4 is 4.74 Å². The first-order valence-corrected chi connectivity index (χ1v) is 6.18. The Morgan fingerprint density at radius 2 is 2.00 bits per heavy atom. The van der Waals surface area contributed by atoms with Crippen molar-refractivity contribution in [1.29, 1.82) is 0 Å². The molecule has 0 amide bonds. The summed E-state index contributed by atoms with van der Waals surface area (Å²) in [6, 6.07) is 6.38. The SMILES string of the molecule is Cc1ccc(OCC2(C)CO2)c(C(C)(C)C)c1. The second-order valence-corrected chi connectivity index (χ2v) is 6.28. The van der Waals surface area contributed by atoms with Gasteiger partial charge in [0, 0.05) is 0 Å². The standard InChI is InChI=1S/C15H22O2/c1-11-6-7-13(12(8-11)14(2,3)4)16-9-15(5)10-17-15/h6-8H,9-10H2,1-5H3. The lowest BCUT2D eigenvalue weighted by Crippen LogP contribution is -2.20. The molecule has 0 N–H and O–H groups in total. The van der Waals surface area contributed by atoms with E-state index in [2.05, 4.69) is 52.8 Å². The topological polar surface area (TPSA) is 21.8 Å². The van der Waals surface area contributed by atoms with Crippen LogP contribution in [0.3, 0.4) is 0 Å². The first-order chi connectivity index (χ1) is 7.80. The largest absolute Gasteiger partial charge is 0.490 e. The summed E-state index contributed by atoms with van der Waals surface area (Å²) in [7, 11) is 0. The maximum absolute atomic E-state index is 5.92. The summed E-state index contributed by atoms with van der Waals surface area (Å²) < 4.78 is 11.3. The van der Waals surface area contributed by atoms with Crippen LogP contribution >= 0.6 is 0 Å². The molecule has 0 aromatic heterocycles. The van der Waals surface area contributed by atoms with E-state index in [0.717, 1.165) is 12.4 Å². The van der Waals surface area contributed by atoms with Crippen LogP contribution in [0.2, 0.25) is 0 Å². The van der Waals surface area contributed by atoms with Gasteiger partial charge in [0.2, 0.25) is 0 Å².